The van der Waals surface area contributed by atoms with Crippen molar-refractivity contribution in [2.24, 2.45) is 0 Å². The van der Waals surface area contributed by atoms with E-state index in [1.807, 2.05) is 19.2 Å². The van der Waals surface area contributed by atoms with E-state index in [2.05, 4.69) is 20.4 Å². The summed E-state index contributed by atoms with van der Waals surface area (Å²) < 4.78 is 7.20. The number of imidazole rings is 1. The molecule has 0 atom stereocenters. The number of aryl methyl sites for hydroxylation is 1. The molecule has 1 saturated carbocycles. The van der Waals surface area contributed by atoms with E-state index in [0.29, 0.717) is 38.6 Å². The Morgan fingerprint density at radius 3 is 2.76 bits per heavy atom. The van der Waals surface area contributed by atoms with Gasteiger partial charge in [-0.15, -0.1) is 5.10 Å². The number of fused-ring (bicyclic) bond motifs is 1. The standard InChI is InChI=1S/C23H23ClN6O2S/c1-13-8-15(16-9-20(24)26-11-19(16)32-2)17(10-25-13)21(31)28-22-29-30-12-18(27-23(30)33-22)14-6-4-3-5-7-14/h8-12,14H,3-7H2,1-2H3,(H,28,29,31). The normalized spacial score (nSPS) is 14.5. The van der Waals surface area contributed by atoms with Crippen molar-refractivity contribution < 1.29 is 9.53 Å². The summed E-state index contributed by atoms with van der Waals surface area (Å²) in [6, 6.07) is 3.50. The second kappa shape index (κ2) is 9.07. The van der Waals surface area contributed by atoms with E-state index < -0.39 is 0 Å². The number of hydrogen-bond donors (Lipinski definition) is 1. The number of amides is 1. The Balaban J connectivity index is 1.43. The molecule has 4 aromatic rings. The Bertz CT molecular complexity index is 1300. The third-order valence-electron chi connectivity index (χ3n) is 5.94. The Morgan fingerprint density at radius 1 is 1.18 bits per heavy atom. The summed E-state index contributed by atoms with van der Waals surface area (Å²) in [7, 11) is 1.55. The second-order valence-corrected chi connectivity index (χ2v) is 9.51. The van der Waals surface area contributed by atoms with Crippen LogP contribution in [-0.4, -0.2) is 37.6 Å². The average Bonchev–Trinajstić information content (AvgIpc) is 3.38. The first-order valence-corrected chi connectivity index (χ1v) is 12.1. The molecule has 33 heavy (non-hydrogen) atoms. The lowest BCUT2D eigenvalue weighted by atomic mass is 9.87. The van der Waals surface area contributed by atoms with Crippen LogP contribution in [0.1, 0.15) is 59.8 Å². The zero-order chi connectivity index (χ0) is 22.9. The van der Waals surface area contributed by atoms with E-state index in [-0.39, 0.29) is 5.91 Å². The first kappa shape index (κ1) is 21.8. The molecule has 0 aliphatic heterocycles. The van der Waals surface area contributed by atoms with Gasteiger partial charge in [-0.05, 0) is 31.9 Å². The topological polar surface area (TPSA) is 94.3 Å². The van der Waals surface area contributed by atoms with Gasteiger partial charge in [0, 0.05) is 28.9 Å². The average molecular weight is 483 g/mol. The van der Waals surface area contributed by atoms with Gasteiger partial charge < -0.3 is 4.74 Å². The molecule has 1 N–H and O–H groups in total. The number of carbonyl (C=O) groups excluding carboxylic acids is 1. The molecule has 0 spiro atoms. The predicted molar refractivity (Wildman–Crippen MR) is 128 cm³/mol. The van der Waals surface area contributed by atoms with Gasteiger partial charge in [-0.2, -0.15) is 0 Å². The summed E-state index contributed by atoms with van der Waals surface area (Å²) in [5.74, 6) is 0.702. The number of pyridine rings is 2. The number of rotatable bonds is 5. The van der Waals surface area contributed by atoms with Crippen molar-refractivity contribution in [1.82, 2.24) is 24.6 Å². The van der Waals surface area contributed by atoms with E-state index in [1.54, 1.807) is 23.9 Å². The van der Waals surface area contributed by atoms with Crippen LogP contribution in [0, 0.1) is 6.92 Å². The highest BCUT2D eigenvalue weighted by Crippen LogP contribution is 2.35. The number of ether oxygens (including phenoxy) is 1. The maximum atomic E-state index is 13.2. The van der Waals surface area contributed by atoms with Crippen molar-refractivity contribution in [3.05, 3.63) is 52.8 Å². The highest BCUT2D eigenvalue weighted by Gasteiger charge is 2.22. The largest absolute Gasteiger partial charge is 0.494 e. The fraction of sp³-hybridized carbons (Fsp3) is 0.348. The van der Waals surface area contributed by atoms with Gasteiger partial charge >= 0.3 is 0 Å². The summed E-state index contributed by atoms with van der Waals surface area (Å²) in [6.07, 6.45) is 11.2. The van der Waals surface area contributed by atoms with Crippen molar-refractivity contribution in [3.8, 4) is 16.9 Å². The van der Waals surface area contributed by atoms with E-state index in [4.69, 9.17) is 21.3 Å². The van der Waals surface area contributed by atoms with Gasteiger partial charge in [0.1, 0.15) is 10.9 Å². The minimum absolute atomic E-state index is 0.307. The molecule has 0 saturated heterocycles. The van der Waals surface area contributed by atoms with Gasteiger partial charge in [-0.1, -0.05) is 42.2 Å². The van der Waals surface area contributed by atoms with Crippen molar-refractivity contribution in [1.29, 1.82) is 0 Å². The maximum absolute atomic E-state index is 13.2. The highest BCUT2D eigenvalue weighted by atomic mass is 35.5. The van der Waals surface area contributed by atoms with Crippen LogP contribution in [0.5, 0.6) is 5.75 Å². The first-order valence-electron chi connectivity index (χ1n) is 10.9. The lowest BCUT2D eigenvalue weighted by Gasteiger charge is -2.19. The lowest BCUT2D eigenvalue weighted by molar-refractivity contribution is 0.102. The molecular formula is C23H23ClN6O2S. The van der Waals surface area contributed by atoms with Crippen LogP contribution in [0.3, 0.4) is 0 Å². The Labute approximate surface area is 200 Å². The van der Waals surface area contributed by atoms with Crippen LogP contribution in [0.4, 0.5) is 5.13 Å². The molecule has 1 amide bonds. The fourth-order valence-corrected chi connectivity index (χ4v) is 5.22. The predicted octanol–water partition coefficient (Wildman–Crippen LogP) is 5.52. The smallest absolute Gasteiger partial charge is 0.259 e. The third kappa shape index (κ3) is 4.43. The van der Waals surface area contributed by atoms with Crippen molar-refractivity contribution in [2.75, 3.05) is 12.4 Å². The van der Waals surface area contributed by atoms with Crippen molar-refractivity contribution in [3.63, 3.8) is 0 Å². The minimum Gasteiger partial charge on any atom is -0.494 e. The first-order chi connectivity index (χ1) is 16.0. The zero-order valence-corrected chi connectivity index (χ0v) is 19.9. The molecule has 1 fully saturated rings. The summed E-state index contributed by atoms with van der Waals surface area (Å²) >= 11 is 7.48. The van der Waals surface area contributed by atoms with Gasteiger partial charge in [0.15, 0.2) is 0 Å². The summed E-state index contributed by atoms with van der Waals surface area (Å²) in [4.78, 5) is 27.1. The molecule has 8 nitrogen and oxygen atoms in total. The number of aromatic nitrogens is 5. The van der Waals surface area contributed by atoms with Gasteiger partial charge in [0.2, 0.25) is 10.1 Å². The third-order valence-corrected chi connectivity index (χ3v) is 6.98. The molecule has 5 rings (SSSR count). The maximum Gasteiger partial charge on any atom is 0.259 e. The zero-order valence-electron chi connectivity index (χ0n) is 18.3. The van der Waals surface area contributed by atoms with E-state index >= 15 is 0 Å². The highest BCUT2D eigenvalue weighted by molar-refractivity contribution is 7.20. The van der Waals surface area contributed by atoms with E-state index in [9.17, 15) is 4.79 Å². The van der Waals surface area contributed by atoms with Gasteiger partial charge in [0.25, 0.3) is 5.91 Å². The molecule has 1 aliphatic carbocycles. The minimum atomic E-state index is -0.322. The lowest BCUT2D eigenvalue weighted by Crippen LogP contribution is -2.14. The quantitative estimate of drug-likeness (QED) is 0.376. The summed E-state index contributed by atoms with van der Waals surface area (Å²) in [5.41, 5.74) is 3.57. The molecule has 4 aromatic heterocycles. The molecule has 4 heterocycles. The Hall–Kier alpha value is -3.04. The van der Waals surface area contributed by atoms with Gasteiger partial charge in [-0.25, -0.2) is 14.5 Å². The SMILES string of the molecule is COc1cnc(Cl)cc1-c1cc(C)ncc1C(=O)Nc1nn2cc(C3CCCCC3)nc2s1. The van der Waals surface area contributed by atoms with Gasteiger partial charge in [-0.3, -0.25) is 15.1 Å². The van der Waals surface area contributed by atoms with E-state index in [0.717, 1.165) is 16.3 Å². The van der Waals surface area contributed by atoms with Crippen LogP contribution in [0.25, 0.3) is 16.1 Å². The second-order valence-electron chi connectivity index (χ2n) is 8.17. The van der Waals surface area contributed by atoms with Crippen molar-refractivity contribution in [2.45, 2.75) is 44.9 Å². The van der Waals surface area contributed by atoms with Crippen LogP contribution < -0.4 is 10.1 Å². The number of methoxy groups -OCH3 is 1. The monoisotopic (exact) mass is 482 g/mol. The number of nitrogens with zero attached hydrogens (tertiary/aromatic N) is 5. The number of carbonyl (C=O) groups is 1. The van der Waals surface area contributed by atoms with E-state index in [1.165, 1.54) is 49.6 Å². The molecule has 10 heteroatoms. The van der Waals surface area contributed by atoms with Gasteiger partial charge in [0.05, 0.1) is 30.8 Å². The number of halogens is 1. The summed E-state index contributed by atoms with van der Waals surface area (Å²) in [5, 5.41) is 8.20. The molecule has 0 radical (unpaired) electrons. The molecule has 0 unspecified atom stereocenters. The van der Waals surface area contributed by atoms with Crippen LogP contribution in [0.15, 0.2) is 30.7 Å². The number of hydrogen-bond acceptors (Lipinski definition) is 7. The fourth-order valence-electron chi connectivity index (χ4n) is 4.28. The number of nitrogens with one attached hydrogen (secondary N) is 1. The Kier molecular flexibility index (Phi) is 5.99. The molecule has 170 valence electrons. The van der Waals surface area contributed by atoms with Crippen LogP contribution in [0.2, 0.25) is 5.15 Å². The Morgan fingerprint density at radius 2 is 2.00 bits per heavy atom. The van der Waals surface area contributed by atoms with Crippen LogP contribution in [-0.2, 0) is 0 Å². The number of anilines is 1. The van der Waals surface area contributed by atoms with Crippen molar-refractivity contribution >= 4 is 38.9 Å². The molecular weight excluding hydrogens is 460 g/mol. The van der Waals surface area contributed by atoms with Crippen LogP contribution >= 0.6 is 22.9 Å². The molecule has 0 bridgehead atoms. The molecule has 1 aliphatic rings. The molecule has 0 aromatic carbocycles. The summed E-state index contributed by atoms with van der Waals surface area (Å²) in [6.45, 7) is 1.86.